The van der Waals surface area contributed by atoms with E-state index in [1.165, 1.54) is 18.2 Å². The second-order valence-electron chi connectivity index (χ2n) is 7.24. The molecule has 3 aliphatic heterocycles. The highest BCUT2D eigenvalue weighted by Gasteiger charge is 2.64. The van der Waals surface area contributed by atoms with Crippen LogP contribution in [-0.4, -0.2) is 40.9 Å². The third-order valence-corrected chi connectivity index (χ3v) is 5.68. The van der Waals surface area contributed by atoms with E-state index in [2.05, 4.69) is 5.10 Å². The predicted molar refractivity (Wildman–Crippen MR) is 104 cm³/mol. The average Bonchev–Trinajstić information content (AvgIpc) is 3.21. The fourth-order valence-corrected chi connectivity index (χ4v) is 4.48. The summed E-state index contributed by atoms with van der Waals surface area (Å²) in [5.41, 5.74) is 0.626. The Kier molecular flexibility index (Phi) is 3.91. The van der Waals surface area contributed by atoms with E-state index in [0.717, 1.165) is 11.0 Å². The Morgan fingerprint density at radius 1 is 0.966 bits per heavy atom. The number of carbonyl (C=O) groups is 3. The molecule has 3 aliphatic rings. The first-order valence-corrected chi connectivity index (χ1v) is 9.29. The number of hydrazone groups is 1. The molecule has 6 nitrogen and oxygen atoms in total. The maximum Gasteiger partial charge on any atom is 0.240 e. The maximum atomic E-state index is 13.7. The summed E-state index contributed by atoms with van der Waals surface area (Å²) in [6.07, 6.45) is 5.03. The Bertz CT molecular complexity index is 1080. The van der Waals surface area contributed by atoms with Gasteiger partial charge >= 0.3 is 0 Å². The van der Waals surface area contributed by atoms with Crippen molar-refractivity contribution in [1.29, 1.82) is 0 Å². The Morgan fingerprint density at radius 2 is 1.72 bits per heavy atom. The van der Waals surface area contributed by atoms with Crippen LogP contribution in [0.1, 0.15) is 10.4 Å². The van der Waals surface area contributed by atoms with Crippen molar-refractivity contribution in [1.82, 2.24) is 5.01 Å². The number of carbonyl (C=O) groups excluding carboxylic acids is 3. The zero-order valence-electron chi connectivity index (χ0n) is 15.2. The summed E-state index contributed by atoms with van der Waals surface area (Å²) in [7, 11) is 0. The normalized spacial score (nSPS) is 27.3. The summed E-state index contributed by atoms with van der Waals surface area (Å²) in [6, 6.07) is 12.6. The highest BCUT2D eigenvalue weighted by atomic mass is 19.1. The predicted octanol–water partition coefficient (Wildman–Crippen LogP) is 2.42. The van der Waals surface area contributed by atoms with Crippen molar-refractivity contribution in [3.05, 3.63) is 78.1 Å². The van der Waals surface area contributed by atoms with E-state index in [1.807, 2.05) is 0 Å². The number of amides is 2. The largest absolute Gasteiger partial charge is 0.292 e. The fourth-order valence-electron chi connectivity index (χ4n) is 4.48. The van der Waals surface area contributed by atoms with E-state index < -0.39 is 41.6 Å². The average molecular weight is 389 g/mol. The number of rotatable bonds is 3. The number of nitrogens with zero attached hydrogens (tertiary/aromatic N) is 3. The van der Waals surface area contributed by atoms with E-state index in [1.54, 1.807) is 53.7 Å². The zero-order chi connectivity index (χ0) is 20.1. The van der Waals surface area contributed by atoms with Gasteiger partial charge in [-0.05, 0) is 24.3 Å². The van der Waals surface area contributed by atoms with Gasteiger partial charge in [0.2, 0.25) is 11.8 Å². The van der Waals surface area contributed by atoms with Gasteiger partial charge in [0.05, 0.1) is 23.6 Å². The molecule has 0 bridgehead atoms. The molecule has 144 valence electrons. The summed E-state index contributed by atoms with van der Waals surface area (Å²) in [4.78, 5) is 40.9. The van der Waals surface area contributed by atoms with Crippen molar-refractivity contribution < 1.29 is 18.8 Å². The first-order chi connectivity index (χ1) is 14.1. The van der Waals surface area contributed by atoms with Crippen LogP contribution in [0.5, 0.6) is 0 Å². The van der Waals surface area contributed by atoms with Gasteiger partial charge in [0.15, 0.2) is 5.78 Å². The minimum atomic E-state index is -0.899. The van der Waals surface area contributed by atoms with Crippen LogP contribution in [0.15, 0.2) is 71.9 Å². The number of benzene rings is 2. The summed E-state index contributed by atoms with van der Waals surface area (Å²) < 4.78 is 13.7. The molecular weight excluding hydrogens is 373 g/mol. The first kappa shape index (κ1) is 17.5. The van der Waals surface area contributed by atoms with Gasteiger partial charge in [0.25, 0.3) is 0 Å². The van der Waals surface area contributed by atoms with Crippen LogP contribution in [0.2, 0.25) is 0 Å². The molecule has 0 radical (unpaired) electrons. The van der Waals surface area contributed by atoms with Gasteiger partial charge in [-0.15, -0.1) is 0 Å². The van der Waals surface area contributed by atoms with Crippen LogP contribution in [0.25, 0.3) is 0 Å². The van der Waals surface area contributed by atoms with E-state index in [0.29, 0.717) is 5.56 Å². The smallest absolute Gasteiger partial charge is 0.240 e. The molecule has 2 aromatic rings. The molecule has 2 aromatic carbocycles. The van der Waals surface area contributed by atoms with Crippen molar-refractivity contribution in [3.63, 3.8) is 0 Å². The standard InChI is InChI=1S/C22H16FN3O3/c23-14-8-4-9-15(12-14)25-21(28)17-16-10-5-11-24-26(16)19(18(17)22(25)29)20(27)13-6-2-1-3-7-13/h1-12,16-19H/t16-,17-,18-,19+/m0/s1. The molecule has 2 amide bonds. The van der Waals surface area contributed by atoms with E-state index in [9.17, 15) is 18.8 Å². The van der Waals surface area contributed by atoms with Crippen LogP contribution >= 0.6 is 0 Å². The number of fused-ring (bicyclic) bond motifs is 3. The molecule has 0 unspecified atom stereocenters. The summed E-state index contributed by atoms with van der Waals surface area (Å²) in [5, 5.41) is 5.86. The molecule has 2 saturated heterocycles. The highest BCUT2D eigenvalue weighted by Crippen LogP contribution is 2.46. The molecule has 7 heteroatoms. The molecule has 0 N–H and O–H groups in total. The monoisotopic (exact) mass is 389 g/mol. The lowest BCUT2D eigenvalue weighted by Gasteiger charge is -2.30. The van der Waals surface area contributed by atoms with Crippen LogP contribution < -0.4 is 4.90 Å². The molecular formula is C22H16FN3O3. The SMILES string of the molecule is O=C(c1ccccc1)[C@H]1[C@H]2C(=O)N(c3cccc(F)c3)C(=O)[C@H]2[C@@H]2C=CC=NN21. The number of anilines is 1. The number of allylic oxidation sites excluding steroid dienone is 1. The lowest BCUT2D eigenvalue weighted by Crippen LogP contribution is -2.46. The van der Waals surface area contributed by atoms with Crippen molar-refractivity contribution >= 4 is 29.5 Å². The summed E-state index contributed by atoms with van der Waals surface area (Å²) in [6.45, 7) is 0. The van der Waals surface area contributed by atoms with Gasteiger partial charge < -0.3 is 0 Å². The number of halogens is 1. The third kappa shape index (κ3) is 2.54. The van der Waals surface area contributed by atoms with Crippen molar-refractivity contribution in [2.45, 2.75) is 12.1 Å². The number of Topliss-reactive ketones (excluding diaryl/α,β-unsaturated/α-hetero) is 1. The van der Waals surface area contributed by atoms with Crippen LogP contribution in [0, 0.1) is 17.7 Å². The first-order valence-electron chi connectivity index (χ1n) is 9.29. The van der Waals surface area contributed by atoms with E-state index in [-0.39, 0.29) is 11.5 Å². The second kappa shape index (κ2) is 6.48. The Labute approximate surface area is 165 Å². The van der Waals surface area contributed by atoms with Crippen molar-refractivity contribution in [2.24, 2.45) is 16.9 Å². The summed E-state index contributed by atoms with van der Waals surface area (Å²) in [5.74, 6) is -3.39. The Balaban J connectivity index is 1.59. The minimum absolute atomic E-state index is 0.176. The van der Waals surface area contributed by atoms with Gasteiger partial charge in [-0.2, -0.15) is 5.10 Å². The topological polar surface area (TPSA) is 70.0 Å². The zero-order valence-corrected chi connectivity index (χ0v) is 15.2. The van der Waals surface area contributed by atoms with Crippen LogP contribution in [-0.2, 0) is 9.59 Å². The van der Waals surface area contributed by atoms with Gasteiger partial charge in [-0.3, -0.25) is 19.4 Å². The van der Waals surface area contributed by atoms with Crippen molar-refractivity contribution in [2.75, 3.05) is 4.90 Å². The second-order valence-corrected chi connectivity index (χ2v) is 7.24. The quantitative estimate of drug-likeness (QED) is 0.597. The fraction of sp³-hybridized carbons (Fsp3) is 0.182. The molecule has 0 spiro atoms. The van der Waals surface area contributed by atoms with Gasteiger partial charge in [-0.25, -0.2) is 9.29 Å². The molecule has 0 aliphatic carbocycles. The molecule has 5 rings (SSSR count). The number of ketones is 1. The lowest BCUT2D eigenvalue weighted by molar-refractivity contribution is -0.123. The van der Waals surface area contributed by atoms with Crippen LogP contribution in [0.3, 0.4) is 0 Å². The molecule has 4 atom stereocenters. The molecule has 3 heterocycles. The Hall–Kier alpha value is -3.61. The lowest BCUT2D eigenvalue weighted by atomic mass is 9.86. The molecule has 2 fully saturated rings. The maximum absolute atomic E-state index is 13.7. The Morgan fingerprint density at radius 3 is 2.48 bits per heavy atom. The molecule has 0 aromatic heterocycles. The highest BCUT2D eigenvalue weighted by molar-refractivity contribution is 6.24. The third-order valence-electron chi connectivity index (χ3n) is 5.68. The van der Waals surface area contributed by atoms with E-state index in [4.69, 9.17) is 0 Å². The van der Waals surface area contributed by atoms with E-state index >= 15 is 0 Å². The molecule has 29 heavy (non-hydrogen) atoms. The van der Waals surface area contributed by atoms with Gasteiger partial charge in [-0.1, -0.05) is 42.5 Å². The number of imide groups is 1. The summed E-state index contributed by atoms with van der Waals surface area (Å²) >= 11 is 0. The van der Waals surface area contributed by atoms with Crippen LogP contribution in [0.4, 0.5) is 10.1 Å². The molecule has 0 saturated carbocycles. The van der Waals surface area contributed by atoms with Gasteiger partial charge in [0, 0.05) is 11.8 Å². The van der Waals surface area contributed by atoms with Crippen molar-refractivity contribution in [3.8, 4) is 0 Å². The van der Waals surface area contributed by atoms with Gasteiger partial charge in [0.1, 0.15) is 11.9 Å². The minimum Gasteiger partial charge on any atom is -0.292 e. The number of hydrogen-bond acceptors (Lipinski definition) is 5. The number of hydrogen-bond donors (Lipinski definition) is 0.